The van der Waals surface area contributed by atoms with Gasteiger partial charge in [-0.25, -0.2) is 0 Å². The van der Waals surface area contributed by atoms with Crippen molar-refractivity contribution >= 4 is 40.3 Å². The normalized spacial score (nSPS) is 10.2. The number of rotatable bonds is 5. The van der Waals surface area contributed by atoms with Crippen LogP contribution in [0.4, 0.5) is 11.4 Å². The van der Waals surface area contributed by atoms with Gasteiger partial charge in [0, 0.05) is 22.5 Å². The molecule has 0 bridgehead atoms. The third-order valence-electron chi connectivity index (χ3n) is 3.68. The van der Waals surface area contributed by atoms with Crippen LogP contribution >= 0.6 is 11.3 Å². The summed E-state index contributed by atoms with van der Waals surface area (Å²) in [7, 11) is 0. The Balaban J connectivity index is 1.66. The number of carbonyl (C=O) groups is 3. The summed E-state index contributed by atoms with van der Waals surface area (Å²) < 4.78 is 0. The summed E-state index contributed by atoms with van der Waals surface area (Å²) in [6, 6.07) is 16.9. The van der Waals surface area contributed by atoms with Crippen LogP contribution < -0.4 is 10.6 Å². The zero-order valence-electron chi connectivity index (χ0n) is 14.0. The molecule has 26 heavy (non-hydrogen) atoms. The molecule has 0 aliphatic heterocycles. The SMILES string of the molecule is CC(=O)c1cccc(NC(=O)c2ccc(NC(=O)c3cccs3)cc2)c1. The highest BCUT2D eigenvalue weighted by atomic mass is 32.1. The predicted molar refractivity (Wildman–Crippen MR) is 103 cm³/mol. The van der Waals surface area contributed by atoms with E-state index >= 15 is 0 Å². The number of amides is 2. The van der Waals surface area contributed by atoms with E-state index in [9.17, 15) is 14.4 Å². The molecule has 0 spiro atoms. The van der Waals surface area contributed by atoms with Gasteiger partial charge in [-0.3, -0.25) is 14.4 Å². The van der Waals surface area contributed by atoms with Crippen LogP contribution in [0.5, 0.6) is 0 Å². The molecule has 0 fully saturated rings. The van der Waals surface area contributed by atoms with Crippen LogP contribution in [0.2, 0.25) is 0 Å². The molecule has 2 aromatic carbocycles. The van der Waals surface area contributed by atoms with Gasteiger partial charge in [0.15, 0.2) is 5.78 Å². The Morgan fingerprint density at radius 3 is 2.15 bits per heavy atom. The van der Waals surface area contributed by atoms with E-state index in [-0.39, 0.29) is 17.6 Å². The van der Waals surface area contributed by atoms with Crippen LogP contribution in [-0.4, -0.2) is 17.6 Å². The van der Waals surface area contributed by atoms with Crippen molar-refractivity contribution in [2.24, 2.45) is 0 Å². The van der Waals surface area contributed by atoms with Gasteiger partial charge in [-0.15, -0.1) is 11.3 Å². The number of Topliss-reactive ketones (excluding diaryl/α,β-unsaturated/α-hetero) is 1. The van der Waals surface area contributed by atoms with Gasteiger partial charge in [-0.1, -0.05) is 18.2 Å². The topological polar surface area (TPSA) is 75.3 Å². The third-order valence-corrected chi connectivity index (χ3v) is 4.55. The molecule has 0 unspecified atom stereocenters. The third kappa shape index (κ3) is 4.23. The second-order valence-electron chi connectivity index (χ2n) is 5.60. The zero-order valence-corrected chi connectivity index (χ0v) is 14.8. The number of carbonyl (C=O) groups excluding carboxylic acids is 3. The number of hydrogen-bond acceptors (Lipinski definition) is 4. The average Bonchev–Trinajstić information content (AvgIpc) is 3.17. The lowest BCUT2D eigenvalue weighted by Gasteiger charge is -2.08. The number of benzene rings is 2. The lowest BCUT2D eigenvalue weighted by atomic mass is 10.1. The first-order chi connectivity index (χ1) is 12.5. The van der Waals surface area contributed by atoms with E-state index in [1.165, 1.54) is 18.3 Å². The van der Waals surface area contributed by atoms with E-state index < -0.39 is 0 Å². The van der Waals surface area contributed by atoms with E-state index in [1.54, 1.807) is 54.6 Å². The standard InChI is InChI=1S/C20H16N2O3S/c1-13(23)15-4-2-5-17(12-15)22-19(24)14-7-9-16(10-8-14)21-20(25)18-6-3-11-26-18/h2-12H,1H3,(H,21,25)(H,22,24). The van der Waals surface area contributed by atoms with Gasteiger partial charge in [0.25, 0.3) is 11.8 Å². The molecule has 1 heterocycles. The van der Waals surface area contributed by atoms with Crippen LogP contribution in [0, 0.1) is 0 Å². The summed E-state index contributed by atoms with van der Waals surface area (Å²) in [4.78, 5) is 36.4. The molecule has 0 radical (unpaired) electrons. The van der Waals surface area contributed by atoms with Crippen LogP contribution in [0.25, 0.3) is 0 Å². The largest absolute Gasteiger partial charge is 0.322 e. The maximum absolute atomic E-state index is 12.3. The Bertz CT molecular complexity index is 947. The average molecular weight is 364 g/mol. The molecule has 2 N–H and O–H groups in total. The number of hydrogen-bond donors (Lipinski definition) is 2. The first kappa shape index (κ1) is 17.6. The Morgan fingerprint density at radius 2 is 1.50 bits per heavy atom. The van der Waals surface area contributed by atoms with Crippen molar-refractivity contribution in [2.45, 2.75) is 6.92 Å². The van der Waals surface area contributed by atoms with Crippen molar-refractivity contribution in [3.8, 4) is 0 Å². The predicted octanol–water partition coefficient (Wildman–Crippen LogP) is 4.46. The van der Waals surface area contributed by atoms with E-state index in [0.29, 0.717) is 27.4 Å². The Hall–Kier alpha value is -3.25. The first-order valence-corrected chi connectivity index (χ1v) is 8.78. The molecule has 0 aliphatic carbocycles. The fraction of sp³-hybridized carbons (Fsp3) is 0.0500. The van der Waals surface area contributed by atoms with E-state index in [2.05, 4.69) is 10.6 Å². The van der Waals surface area contributed by atoms with E-state index in [0.717, 1.165) is 0 Å². The highest BCUT2D eigenvalue weighted by Crippen LogP contribution is 2.16. The highest BCUT2D eigenvalue weighted by molar-refractivity contribution is 7.12. The minimum atomic E-state index is -0.290. The Kier molecular flexibility index (Phi) is 5.24. The fourth-order valence-electron chi connectivity index (χ4n) is 2.32. The highest BCUT2D eigenvalue weighted by Gasteiger charge is 2.10. The van der Waals surface area contributed by atoms with Gasteiger partial charge in [-0.05, 0) is 54.8 Å². The molecule has 6 heteroatoms. The van der Waals surface area contributed by atoms with Crippen LogP contribution in [-0.2, 0) is 0 Å². The lowest BCUT2D eigenvalue weighted by Crippen LogP contribution is -2.13. The fourth-order valence-corrected chi connectivity index (χ4v) is 2.94. The maximum Gasteiger partial charge on any atom is 0.265 e. The maximum atomic E-state index is 12.3. The number of thiophene rings is 1. The van der Waals surface area contributed by atoms with Gasteiger partial charge in [-0.2, -0.15) is 0 Å². The van der Waals surface area contributed by atoms with Crippen LogP contribution in [0.1, 0.15) is 37.3 Å². The number of ketones is 1. The quantitative estimate of drug-likeness (QED) is 0.657. The molecular weight excluding hydrogens is 348 g/mol. The molecule has 3 rings (SSSR count). The van der Waals surface area contributed by atoms with Gasteiger partial charge in [0.2, 0.25) is 0 Å². The molecule has 3 aromatic rings. The molecule has 130 valence electrons. The van der Waals surface area contributed by atoms with Crippen molar-refractivity contribution in [1.29, 1.82) is 0 Å². The Morgan fingerprint density at radius 1 is 0.769 bits per heavy atom. The molecule has 2 amide bonds. The van der Waals surface area contributed by atoms with Crippen molar-refractivity contribution in [1.82, 2.24) is 0 Å². The van der Waals surface area contributed by atoms with Crippen molar-refractivity contribution < 1.29 is 14.4 Å². The molecule has 1 aromatic heterocycles. The first-order valence-electron chi connectivity index (χ1n) is 7.90. The van der Waals surface area contributed by atoms with Crippen molar-refractivity contribution in [3.05, 3.63) is 82.0 Å². The smallest absolute Gasteiger partial charge is 0.265 e. The van der Waals surface area contributed by atoms with Gasteiger partial charge in [0.1, 0.15) is 0 Å². The van der Waals surface area contributed by atoms with Crippen LogP contribution in [0.15, 0.2) is 66.0 Å². The summed E-state index contributed by atoms with van der Waals surface area (Å²) in [6.07, 6.45) is 0. The summed E-state index contributed by atoms with van der Waals surface area (Å²) in [5.41, 5.74) is 2.15. The zero-order chi connectivity index (χ0) is 18.5. The lowest BCUT2D eigenvalue weighted by molar-refractivity contribution is 0.101. The molecule has 0 aliphatic rings. The molecule has 5 nitrogen and oxygen atoms in total. The molecular formula is C20H16N2O3S. The second-order valence-corrected chi connectivity index (χ2v) is 6.55. The van der Waals surface area contributed by atoms with Gasteiger partial charge in [0.05, 0.1) is 4.88 Å². The molecule has 0 saturated carbocycles. The van der Waals surface area contributed by atoms with Gasteiger partial charge < -0.3 is 10.6 Å². The molecule has 0 atom stereocenters. The van der Waals surface area contributed by atoms with E-state index in [1.807, 2.05) is 11.4 Å². The van der Waals surface area contributed by atoms with Crippen molar-refractivity contribution in [3.63, 3.8) is 0 Å². The Labute approximate surface area is 154 Å². The van der Waals surface area contributed by atoms with Crippen LogP contribution in [0.3, 0.4) is 0 Å². The number of nitrogens with one attached hydrogen (secondary N) is 2. The summed E-state index contributed by atoms with van der Waals surface area (Å²) in [6.45, 7) is 1.48. The second kappa shape index (κ2) is 7.76. The van der Waals surface area contributed by atoms with Crippen molar-refractivity contribution in [2.75, 3.05) is 10.6 Å². The summed E-state index contributed by atoms with van der Waals surface area (Å²) in [5.74, 6) is -0.535. The summed E-state index contributed by atoms with van der Waals surface area (Å²) in [5, 5.41) is 7.38. The minimum Gasteiger partial charge on any atom is -0.322 e. The van der Waals surface area contributed by atoms with Gasteiger partial charge >= 0.3 is 0 Å². The molecule has 0 saturated heterocycles. The number of anilines is 2. The summed E-state index contributed by atoms with van der Waals surface area (Å²) >= 11 is 1.36. The van der Waals surface area contributed by atoms with E-state index in [4.69, 9.17) is 0 Å². The minimum absolute atomic E-state index is 0.0630. The monoisotopic (exact) mass is 364 g/mol.